The number of guanidine groups is 1. The summed E-state index contributed by atoms with van der Waals surface area (Å²) in [6.45, 7) is 1.75. The average molecular weight is 432 g/mol. The van der Waals surface area contributed by atoms with Crippen molar-refractivity contribution in [3.8, 4) is 11.3 Å². The van der Waals surface area contributed by atoms with Crippen LogP contribution in [0.1, 0.15) is 12.5 Å². The highest BCUT2D eigenvalue weighted by Gasteiger charge is 2.28. The largest absolute Gasteiger partial charge is 0.369 e. The van der Waals surface area contributed by atoms with Gasteiger partial charge in [-0.3, -0.25) is 0 Å². The molecule has 0 bridgehead atoms. The molecule has 1 aromatic heterocycles. The standard InChI is InChI=1S/C23H21N5O2S/c1-16(26-27-23(24)25)21-19-14-8-9-15-20(19)28(22(21)17-10-4-2-5-11-17)31(29,30)18-12-6-3-7-13-18/h2-15H,1H3,(H4,24,25,27). The topological polar surface area (TPSA) is 116 Å². The van der Waals surface area contributed by atoms with Crippen molar-refractivity contribution < 1.29 is 8.42 Å². The first-order valence-corrected chi connectivity index (χ1v) is 11.0. The molecule has 7 nitrogen and oxygen atoms in total. The molecule has 0 unspecified atom stereocenters. The molecular weight excluding hydrogens is 410 g/mol. The van der Waals surface area contributed by atoms with Crippen molar-refractivity contribution in [1.82, 2.24) is 3.97 Å². The van der Waals surface area contributed by atoms with E-state index in [9.17, 15) is 8.42 Å². The zero-order chi connectivity index (χ0) is 22.0. The van der Waals surface area contributed by atoms with Crippen LogP contribution in [0.3, 0.4) is 0 Å². The van der Waals surface area contributed by atoms with E-state index in [1.807, 2.05) is 42.5 Å². The normalized spacial score (nSPS) is 12.1. The monoisotopic (exact) mass is 431 g/mol. The third-order valence-corrected chi connectivity index (χ3v) is 6.57. The van der Waals surface area contributed by atoms with E-state index in [2.05, 4.69) is 10.2 Å². The molecule has 0 aliphatic carbocycles. The predicted molar refractivity (Wildman–Crippen MR) is 124 cm³/mol. The lowest BCUT2D eigenvalue weighted by Crippen LogP contribution is -2.22. The third-order valence-electron chi connectivity index (χ3n) is 4.84. The highest BCUT2D eigenvalue weighted by molar-refractivity contribution is 7.90. The van der Waals surface area contributed by atoms with E-state index in [0.717, 1.165) is 10.9 Å². The van der Waals surface area contributed by atoms with Crippen molar-refractivity contribution in [3.63, 3.8) is 0 Å². The van der Waals surface area contributed by atoms with Gasteiger partial charge in [0, 0.05) is 10.9 Å². The predicted octanol–water partition coefficient (Wildman–Crippen LogP) is 3.54. The van der Waals surface area contributed by atoms with Crippen LogP contribution in [0, 0.1) is 0 Å². The first kappa shape index (κ1) is 20.4. The quantitative estimate of drug-likeness (QED) is 0.286. The van der Waals surface area contributed by atoms with Crippen LogP contribution in [0.5, 0.6) is 0 Å². The lowest BCUT2D eigenvalue weighted by atomic mass is 10.0. The second-order valence-electron chi connectivity index (χ2n) is 6.90. The van der Waals surface area contributed by atoms with E-state index in [0.29, 0.717) is 22.5 Å². The van der Waals surface area contributed by atoms with E-state index >= 15 is 0 Å². The molecule has 1 heterocycles. The molecule has 3 aromatic carbocycles. The summed E-state index contributed by atoms with van der Waals surface area (Å²) < 4.78 is 29.0. The lowest BCUT2D eigenvalue weighted by molar-refractivity contribution is 0.589. The molecule has 4 rings (SSSR count). The smallest absolute Gasteiger partial charge is 0.268 e. The Balaban J connectivity index is 2.17. The maximum Gasteiger partial charge on any atom is 0.268 e. The number of aromatic nitrogens is 1. The van der Waals surface area contributed by atoms with Crippen LogP contribution in [0.25, 0.3) is 22.2 Å². The SMILES string of the molecule is CC(=NN=C(N)N)c1c(-c2ccccc2)n(S(=O)(=O)c2ccccc2)c2ccccc12. The molecule has 4 aromatic rings. The van der Waals surface area contributed by atoms with Gasteiger partial charge in [0.2, 0.25) is 5.96 Å². The van der Waals surface area contributed by atoms with Crippen LogP contribution in [-0.4, -0.2) is 24.1 Å². The number of hydrogen-bond acceptors (Lipinski definition) is 4. The number of para-hydroxylation sites is 1. The lowest BCUT2D eigenvalue weighted by Gasteiger charge is -2.13. The van der Waals surface area contributed by atoms with Crippen LogP contribution in [0.15, 0.2) is 100 Å². The van der Waals surface area contributed by atoms with Gasteiger partial charge in [-0.05, 0) is 30.7 Å². The van der Waals surface area contributed by atoms with Gasteiger partial charge in [-0.2, -0.15) is 5.10 Å². The van der Waals surface area contributed by atoms with Gasteiger partial charge in [-0.25, -0.2) is 12.4 Å². The molecule has 0 spiro atoms. The van der Waals surface area contributed by atoms with Gasteiger partial charge in [0.05, 0.1) is 21.8 Å². The van der Waals surface area contributed by atoms with Crippen molar-refractivity contribution in [3.05, 3.63) is 90.5 Å². The van der Waals surface area contributed by atoms with E-state index in [4.69, 9.17) is 11.5 Å². The Morgan fingerprint density at radius 3 is 2.03 bits per heavy atom. The minimum atomic E-state index is -3.91. The van der Waals surface area contributed by atoms with Gasteiger partial charge in [0.15, 0.2) is 0 Å². The molecule has 0 saturated heterocycles. The molecule has 0 amide bonds. The molecule has 0 radical (unpaired) electrons. The molecule has 4 N–H and O–H groups in total. The summed E-state index contributed by atoms with van der Waals surface area (Å²) in [7, 11) is -3.91. The van der Waals surface area contributed by atoms with Crippen LogP contribution in [-0.2, 0) is 10.0 Å². The minimum Gasteiger partial charge on any atom is -0.369 e. The fourth-order valence-electron chi connectivity index (χ4n) is 3.57. The van der Waals surface area contributed by atoms with Gasteiger partial charge in [-0.15, -0.1) is 5.10 Å². The van der Waals surface area contributed by atoms with Crippen LogP contribution < -0.4 is 11.5 Å². The second-order valence-corrected chi connectivity index (χ2v) is 8.69. The number of nitrogens with zero attached hydrogens (tertiary/aromatic N) is 3. The molecule has 0 saturated carbocycles. The number of benzene rings is 3. The Morgan fingerprint density at radius 1 is 0.806 bits per heavy atom. The highest BCUT2D eigenvalue weighted by Crippen LogP contribution is 2.37. The number of rotatable bonds is 5. The maximum atomic E-state index is 13.8. The van der Waals surface area contributed by atoms with Gasteiger partial charge < -0.3 is 11.5 Å². The summed E-state index contributed by atoms with van der Waals surface area (Å²) in [5.74, 6) is -0.179. The highest BCUT2D eigenvalue weighted by atomic mass is 32.2. The minimum absolute atomic E-state index is 0.179. The summed E-state index contributed by atoms with van der Waals surface area (Å²) in [5.41, 5.74) is 13.8. The van der Waals surface area contributed by atoms with Crippen molar-refractivity contribution in [2.24, 2.45) is 21.7 Å². The van der Waals surface area contributed by atoms with Crippen molar-refractivity contribution in [2.75, 3.05) is 0 Å². The fourth-order valence-corrected chi connectivity index (χ4v) is 5.13. The molecule has 0 fully saturated rings. The molecule has 0 atom stereocenters. The second kappa shape index (κ2) is 8.08. The van der Waals surface area contributed by atoms with E-state index in [1.165, 1.54) is 3.97 Å². The molecule has 8 heteroatoms. The van der Waals surface area contributed by atoms with Crippen molar-refractivity contribution in [2.45, 2.75) is 11.8 Å². The van der Waals surface area contributed by atoms with E-state index in [-0.39, 0.29) is 10.9 Å². The summed E-state index contributed by atoms with van der Waals surface area (Å²) in [5, 5.41) is 8.65. The number of hydrogen-bond donors (Lipinski definition) is 2. The first-order valence-electron chi connectivity index (χ1n) is 9.54. The van der Waals surface area contributed by atoms with Crippen molar-refractivity contribution in [1.29, 1.82) is 0 Å². The van der Waals surface area contributed by atoms with E-state index < -0.39 is 10.0 Å². The van der Waals surface area contributed by atoms with Crippen molar-refractivity contribution >= 4 is 32.6 Å². The number of nitrogens with two attached hydrogens (primary N) is 2. The Bertz CT molecular complexity index is 1400. The summed E-state index contributed by atoms with van der Waals surface area (Å²) >= 11 is 0. The maximum absolute atomic E-state index is 13.8. The molecule has 156 valence electrons. The van der Waals surface area contributed by atoms with E-state index in [1.54, 1.807) is 49.4 Å². The third kappa shape index (κ3) is 3.69. The number of fused-ring (bicyclic) bond motifs is 1. The summed E-state index contributed by atoms with van der Waals surface area (Å²) in [4.78, 5) is 0.193. The van der Waals surface area contributed by atoms with Gasteiger partial charge in [0.1, 0.15) is 0 Å². The zero-order valence-electron chi connectivity index (χ0n) is 16.8. The molecule has 0 aliphatic heterocycles. The molecule has 0 aliphatic rings. The first-order chi connectivity index (χ1) is 14.9. The Kier molecular flexibility index (Phi) is 5.31. The molecule has 31 heavy (non-hydrogen) atoms. The van der Waals surface area contributed by atoms with Crippen LogP contribution >= 0.6 is 0 Å². The zero-order valence-corrected chi connectivity index (χ0v) is 17.6. The van der Waals surface area contributed by atoms with Crippen LogP contribution in [0.2, 0.25) is 0 Å². The summed E-state index contributed by atoms with van der Waals surface area (Å²) in [6, 6.07) is 25.0. The van der Waals surface area contributed by atoms with Crippen LogP contribution in [0.4, 0.5) is 0 Å². The average Bonchev–Trinajstić information content (AvgIpc) is 3.15. The Morgan fingerprint density at radius 2 is 1.39 bits per heavy atom. The Labute approximate surface area is 180 Å². The Hall–Kier alpha value is -3.91. The fraction of sp³-hybridized carbons (Fsp3) is 0.0435. The van der Waals surface area contributed by atoms with Gasteiger partial charge >= 0.3 is 0 Å². The van der Waals surface area contributed by atoms with Gasteiger partial charge in [-0.1, -0.05) is 66.7 Å². The molecular formula is C23H21N5O2S. The summed E-state index contributed by atoms with van der Waals surface area (Å²) in [6.07, 6.45) is 0. The van der Waals surface area contributed by atoms with Gasteiger partial charge in [0.25, 0.3) is 10.0 Å².